The van der Waals surface area contributed by atoms with Crippen molar-refractivity contribution in [3.05, 3.63) is 71.4 Å². The molecule has 1 N–H and O–H groups in total. The lowest BCUT2D eigenvalue weighted by atomic mass is 10.1. The van der Waals surface area contributed by atoms with Crippen molar-refractivity contribution in [3.63, 3.8) is 0 Å². The lowest BCUT2D eigenvalue weighted by molar-refractivity contribution is -0.0493. The van der Waals surface area contributed by atoms with E-state index in [4.69, 9.17) is 4.52 Å². The number of hydrogen-bond donors (Lipinski definition) is 1. The standard InChI is InChI=1S/C18H17F2N3O2/c1-12-6-5-9-14(24-18(19)20)17(12)21-11-16-22-15(23-25-16)10-13-7-3-2-4-8-13/h2-9,18,21H,10-11H2,1H3. The molecule has 2 aromatic carbocycles. The Labute approximate surface area is 143 Å². The first kappa shape index (κ1) is 16.9. The largest absolute Gasteiger partial charge is 0.433 e. The third-order valence-electron chi connectivity index (χ3n) is 3.58. The lowest BCUT2D eigenvalue weighted by Gasteiger charge is -2.13. The van der Waals surface area contributed by atoms with Crippen LogP contribution in [0.4, 0.5) is 14.5 Å². The molecular formula is C18H17F2N3O2. The van der Waals surface area contributed by atoms with Crippen molar-refractivity contribution in [1.29, 1.82) is 0 Å². The number of aromatic nitrogens is 2. The minimum Gasteiger partial charge on any atom is -0.433 e. The molecule has 7 heteroatoms. The quantitative estimate of drug-likeness (QED) is 0.696. The van der Waals surface area contributed by atoms with Crippen molar-refractivity contribution in [2.24, 2.45) is 0 Å². The van der Waals surface area contributed by atoms with Crippen molar-refractivity contribution in [2.75, 3.05) is 5.32 Å². The average Bonchev–Trinajstić information content (AvgIpc) is 3.02. The van der Waals surface area contributed by atoms with Gasteiger partial charge in [-0.2, -0.15) is 13.8 Å². The molecule has 0 unspecified atom stereocenters. The second-order valence-corrected chi connectivity index (χ2v) is 5.45. The maximum Gasteiger partial charge on any atom is 0.387 e. The van der Waals surface area contributed by atoms with E-state index in [-0.39, 0.29) is 12.3 Å². The van der Waals surface area contributed by atoms with Gasteiger partial charge >= 0.3 is 6.61 Å². The van der Waals surface area contributed by atoms with Gasteiger partial charge in [0.1, 0.15) is 5.75 Å². The van der Waals surface area contributed by atoms with Crippen molar-refractivity contribution in [3.8, 4) is 5.75 Å². The van der Waals surface area contributed by atoms with Gasteiger partial charge in [0, 0.05) is 6.42 Å². The number of aryl methyl sites for hydroxylation is 1. The van der Waals surface area contributed by atoms with Crippen LogP contribution in [0.25, 0.3) is 0 Å². The van der Waals surface area contributed by atoms with Crippen LogP contribution in [0.2, 0.25) is 0 Å². The first-order valence-electron chi connectivity index (χ1n) is 7.75. The molecule has 25 heavy (non-hydrogen) atoms. The van der Waals surface area contributed by atoms with E-state index in [1.54, 1.807) is 19.1 Å². The maximum atomic E-state index is 12.5. The van der Waals surface area contributed by atoms with Crippen LogP contribution in [0.15, 0.2) is 53.1 Å². The van der Waals surface area contributed by atoms with Gasteiger partial charge < -0.3 is 14.6 Å². The van der Waals surface area contributed by atoms with E-state index in [1.807, 2.05) is 30.3 Å². The second kappa shape index (κ2) is 7.74. The molecule has 0 aliphatic heterocycles. The zero-order valence-electron chi connectivity index (χ0n) is 13.6. The molecule has 1 heterocycles. The van der Waals surface area contributed by atoms with Crippen molar-refractivity contribution in [2.45, 2.75) is 26.5 Å². The van der Waals surface area contributed by atoms with Crippen molar-refractivity contribution >= 4 is 5.69 Å². The van der Waals surface area contributed by atoms with Crippen LogP contribution in [0.1, 0.15) is 22.8 Å². The minimum atomic E-state index is -2.89. The van der Waals surface area contributed by atoms with E-state index in [0.29, 0.717) is 23.8 Å². The molecule has 0 bridgehead atoms. The molecule has 1 aromatic heterocycles. The monoisotopic (exact) mass is 345 g/mol. The predicted octanol–water partition coefficient (Wildman–Crippen LogP) is 4.18. The lowest BCUT2D eigenvalue weighted by Crippen LogP contribution is -2.08. The summed E-state index contributed by atoms with van der Waals surface area (Å²) in [6.07, 6.45) is 0.564. The molecule has 0 fully saturated rings. The Balaban J connectivity index is 1.66. The fraction of sp³-hybridized carbons (Fsp3) is 0.222. The van der Waals surface area contributed by atoms with Crippen LogP contribution in [-0.4, -0.2) is 16.8 Å². The summed E-state index contributed by atoms with van der Waals surface area (Å²) in [5.74, 6) is 1.02. The second-order valence-electron chi connectivity index (χ2n) is 5.45. The molecule has 0 spiro atoms. The molecule has 0 aliphatic rings. The van der Waals surface area contributed by atoms with Gasteiger partial charge in [-0.1, -0.05) is 47.6 Å². The number of hydrogen-bond acceptors (Lipinski definition) is 5. The van der Waals surface area contributed by atoms with Gasteiger partial charge in [-0.15, -0.1) is 0 Å². The highest BCUT2D eigenvalue weighted by molar-refractivity contribution is 5.61. The zero-order chi connectivity index (χ0) is 17.6. The topological polar surface area (TPSA) is 60.2 Å². The Kier molecular flexibility index (Phi) is 5.23. The summed E-state index contributed by atoms with van der Waals surface area (Å²) >= 11 is 0. The van der Waals surface area contributed by atoms with E-state index < -0.39 is 6.61 Å². The normalized spacial score (nSPS) is 10.9. The Morgan fingerprint density at radius 3 is 2.68 bits per heavy atom. The number of halogens is 2. The minimum absolute atomic E-state index is 0.0824. The number of para-hydroxylation sites is 1. The molecule has 0 aliphatic carbocycles. The number of ether oxygens (including phenoxy) is 1. The molecule has 0 saturated heterocycles. The number of alkyl halides is 2. The molecule has 0 saturated carbocycles. The van der Waals surface area contributed by atoms with Crippen molar-refractivity contribution < 1.29 is 18.0 Å². The number of nitrogens with one attached hydrogen (secondary N) is 1. The molecule has 5 nitrogen and oxygen atoms in total. The fourth-order valence-electron chi connectivity index (χ4n) is 2.44. The van der Waals surface area contributed by atoms with Crippen molar-refractivity contribution in [1.82, 2.24) is 10.1 Å². The van der Waals surface area contributed by atoms with Gasteiger partial charge in [-0.3, -0.25) is 0 Å². The summed E-state index contributed by atoms with van der Waals surface area (Å²) in [6.45, 7) is -0.870. The fourth-order valence-corrected chi connectivity index (χ4v) is 2.44. The summed E-state index contributed by atoms with van der Waals surface area (Å²) in [5, 5.41) is 6.97. The number of anilines is 1. The summed E-state index contributed by atoms with van der Waals surface area (Å²) in [6, 6.07) is 14.7. The Bertz CT molecular complexity index is 822. The highest BCUT2D eigenvalue weighted by Crippen LogP contribution is 2.29. The molecule has 3 aromatic rings. The molecule has 130 valence electrons. The van der Waals surface area contributed by atoms with E-state index >= 15 is 0 Å². The molecule has 3 rings (SSSR count). The van der Waals surface area contributed by atoms with Gasteiger partial charge in [-0.05, 0) is 24.1 Å². The van der Waals surface area contributed by atoms with E-state index in [2.05, 4.69) is 20.2 Å². The molecule has 0 radical (unpaired) electrons. The van der Waals surface area contributed by atoms with Gasteiger partial charge in [-0.25, -0.2) is 0 Å². The molecule has 0 atom stereocenters. The van der Waals surface area contributed by atoms with E-state index in [1.165, 1.54) is 6.07 Å². The summed E-state index contributed by atoms with van der Waals surface area (Å²) in [7, 11) is 0. The summed E-state index contributed by atoms with van der Waals surface area (Å²) in [5.41, 5.74) is 2.34. The number of rotatable bonds is 7. The predicted molar refractivity (Wildman–Crippen MR) is 88.7 cm³/mol. The summed E-state index contributed by atoms with van der Waals surface area (Å²) < 4.78 is 34.8. The first-order valence-corrected chi connectivity index (χ1v) is 7.75. The van der Waals surface area contributed by atoms with E-state index in [0.717, 1.165) is 11.1 Å². The van der Waals surface area contributed by atoms with Gasteiger partial charge in [0.15, 0.2) is 5.82 Å². The van der Waals surface area contributed by atoms with Crippen LogP contribution in [0, 0.1) is 6.92 Å². The van der Waals surface area contributed by atoms with Crippen LogP contribution >= 0.6 is 0 Å². The third-order valence-corrected chi connectivity index (χ3v) is 3.58. The van der Waals surface area contributed by atoms with Crippen LogP contribution in [-0.2, 0) is 13.0 Å². The van der Waals surface area contributed by atoms with Crippen LogP contribution in [0.3, 0.4) is 0 Å². The highest BCUT2D eigenvalue weighted by atomic mass is 19.3. The zero-order valence-corrected chi connectivity index (χ0v) is 13.6. The Morgan fingerprint density at radius 1 is 1.12 bits per heavy atom. The number of benzene rings is 2. The maximum absolute atomic E-state index is 12.5. The third kappa shape index (κ3) is 4.53. The SMILES string of the molecule is Cc1cccc(OC(F)F)c1NCc1nc(Cc2ccccc2)no1. The summed E-state index contributed by atoms with van der Waals surface area (Å²) in [4.78, 5) is 4.31. The molecular weight excluding hydrogens is 328 g/mol. The Hall–Kier alpha value is -2.96. The van der Waals surface area contributed by atoms with Gasteiger partial charge in [0.05, 0.1) is 12.2 Å². The highest BCUT2D eigenvalue weighted by Gasteiger charge is 2.13. The molecule has 0 amide bonds. The van der Waals surface area contributed by atoms with E-state index in [9.17, 15) is 8.78 Å². The van der Waals surface area contributed by atoms with Gasteiger partial charge in [0.25, 0.3) is 0 Å². The van der Waals surface area contributed by atoms with Crippen LogP contribution in [0.5, 0.6) is 5.75 Å². The smallest absolute Gasteiger partial charge is 0.387 e. The Morgan fingerprint density at radius 2 is 1.92 bits per heavy atom. The van der Waals surface area contributed by atoms with Gasteiger partial charge in [0.2, 0.25) is 5.89 Å². The number of nitrogens with zero attached hydrogens (tertiary/aromatic N) is 2. The average molecular weight is 345 g/mol. The van der Waals surface area contributed by atoms with Crippen LogP contribution < -0.4 is 10.1 Å². The first-order chi connectivity index (χ1) is 12.1.